The number of β-amino-alcohol motifs (C(OH)–C–C–N with tert-alkyl or cyclic N) is 1. The number of nitrogens with zero attached hydrogens (tertiary/aromatic N) is 1. The Labute approximate surface area is 110 Å². The van der Waals surface area contributed by atoms with Gasteiger partial charge in [-0.05, 0) is 32.0 Å². The molecular weight excluding hydrogens is 257 g/mol. The maximum absolute atomic E-state index is 12.7. The van der Waals surface area contributed by atoms with E-state index in [0.717, 1.165) is 12.1 Å². The highest BCUT2D eigenvalue weighted by Gasteiger charge is 2.32. The second-order valence-electron chi connectivity index (χ2n) is 5.39. The van der Waals surface area contributed by atoms with E-state index in [0.29, 0.717) is 31.0 Å². The van der Waals surface area contributed by atoms with E-state index in [9.17, 15) is 18.3 Å². The fourth-order valence-corrected chi connectivity index (χ4v) is 2.20. The fraction of sp³-hybridized carbons (Fsp3) is 0.538. The van der Waals surface area contributed by atoms with Gasteiger partial charge in [-0.15, -0.1) is 0 Å². The van der Waals surface area contributed by atoms with Crippen LogP contribution in [0.15, 0.2) is 18.2 Å². The molecule has 0 bridgehead atoms. The molecule has 1 aliphatic rings. The van der Waals surface area contributed by atoms with E-state index in [1.165, 1.54) is 6.07 Å². The Kier molecular flexibility index (Phi) is 3.38. The smallest absolute Gasteiger partial charge is 0.389 e. The van der Waals surface area contributed by atoms with Crippen LogP contribution >= 0.6 is 0 Å². The summed E-state index contributed by atoms with van der Waals surface area (Å²) in [5.41, 5.74) is -0.467. The number of nitrogens with one attached hydrogen (secondary N) is 1. The molecule has 1 aromatic rings. The van der Waals surface area contributed by atoms with Crippen LogP contribution in [0, 0.1) is 0 Å². The highest BCUT2D eigenvalue weighted by Crippen LogP contribution is 2.37. The van der Waals surface area contributed by atoms with Gasteiger partial charge in [0.2, 0.25) is 0 Å². The molecule has 0 aromatic heterocycles. The van der Waals surface area contributed by atoms with Crippen LogP contribution in [-0.4, -0.2) is 30.3 Å². The van der Waals surface area contributed by atoms with Crippen molar-refractivity contribution in [1.82, 2.24) is 0 Å². The van der Waals surface area contributed by atoms with Crippen molar-refractivity contribution in [2.75, 3.05) is 29.9 Å². The lowest BCUT2D eigenvalue weighted by Gasteiger charge is -2.36. The number of benzene rings is 1. The highest BCUT2D eigenvalue weighted by atomic mass is 19.4. The van der Waals surface area contributed by atoms with Gasteiger partial charge in [0.05, 0.1) is 22.5 Å². The normalized spacial score (nSPS) is 16.0. The topological polar surface area (TPSA) is 35.5 Å². The minimum atomic E-state index is -4.35. The highest BCUT2D eigenvalue weighted by molar-refractivity contribution is 5.73. The molecule has 3 nitrogen and oxygen atoms in total. The summed E-state index contributed by atoms with van der Waals surface area (Å²) >= 11 is 0. The quantitative estimate of drug-likeness (QED) is 0.870. The molecule has 0 atom stereocenters. The van der Waals surface area contributed by atoms with Crippen molar-refractivity contribution < 1.29 is 18.3 Å². The van der Waals surface area contributed by atoms with Gasteiger partial charge in [-0.25, -0.2) is 0 Å². The zero-order valence-corrected chi connectivity index (χ0v) is 10.9. The maximum Gasteiger partial charge on any atom is 0.416 e. The minimum absolute atomic E-state index is 0.295. The summed E-state index contributed by atoms with van der Waals surface area (Å²) < 4.78 is 38.2. The average molecular weight is 274 g/mol. The van der Waals surface area contributed by atoms with Crippen molar-refractivity contribution in [3.05, 3.63) is 23.8 Å². The Hall–Kier alpha value is -1.43. The van der Waals surface area contributed by atoms with Crippen LogP contribution in [0.3, 0.4) is 0 Å². The number of hydrogen-bond acceptors (Lipinski definition) is 3. The largest absolute Gasteiger partial charge is 0.416 e. The van der Waals surface area contributed by atoms with E-state index in [2.05, 4.69) is 5.32 Å². The molecule has 0 amide bonds. The molecule has 0 radical (unpaired) electrons. The predicted octanol–water partition coefficient (Wildman–Crippen LogP) is 2.71. The first-order valence-corrected chi connectivity index (χ1v) is 6.09. The molecule has 0 saturated heterocycles. The van der Waals surface area contributed by atoms with Crippen LogP contribution in [0.25, 0.3) is 0 Å². The van der Waals surface area contributed by atoms with E-state index in [1.54, 1.807) is 18.7 Å². The lowest BCUT2D eigenvalue weighted by Crippen LogP contribution is -2.43. The summed E-state index contributed by atoms with van der Waals surface area (Å²) in [6.07, 6.45) is -4.35. The van der Waals surface area contributed by atoms with E-state index in [1.807, 2.05) is 0 Å². The lowest BCUT2D eigenvalue weighted by atomic mass is 10.1. The summed E-state index contributed by atoms with van der Waals surface area (Å²) in [7, 11) is 0. The molecule has 0 saturated carbocycles. The number of fused-ring (bicyclic) bond motifs is 1. The second kappa shape index (κ2) is 4.59. The molecule has 2 N–H and O–H groups in total. The molecule has 2 rings (SSSR count). The van der Waals surface area contributed by atoms with Gasteiger partial charge < -0.3 is 15.3 Å². The first-order chi connectivity index (χ1) is 8.67. The third-order valence-electron chi connectivity index (χ3n) is 2.94. The maximum atomic E-state index is 12.7. The van der Waals surface area contributed by atoms with Crippen LogP contribution in [0.1, 0.15) is 19.4 Å². The van der Waals surface area contributed by atoms with Crippen molar-refractivity contribution in [2.45, 2.75) is 25.6 Å². The molecular formula is C13H17F3N2O. The van der Waals surface area contributed by atoms with Gasteiger partial charge >= 0.3 is 6.18 Å². The predicted molar refractivity (Wildman–Crippen MR) is 68.4 cm³/mol. The first kappa shape index (κ1) is 14.0. The monoisotopic (exact) mass is 274 g/mol. The molecule has 19 heavy (non-hydrogen) atoms. The van der Waals surface area contributed by atoms with Gasteiger partial charge in [0.1, 0.15) is 0 Å². The van der Waals surface area contributed by atoms with Gasteiger partial charge in [-0.1, -0.05) is 0 Å². The molecule has 0 spiro atoms. The van der Waals surface area contributed by atoms with Crippen LogP contribution < -0.4 is 10.2 Å². The molecule has 0 fully saturated rings. The van der Waals surface area contributed by atoms with Crippen LogP contribution in [0.4, 0.5) is 24.5 Å². The molecule has 6 heteroatoms. The Morgan fingerprint density at radius 3 is 2.58 bits per heavy atom. The van der Waals surface area contributed by atoms with Crippen LogP contribution in [-0.2, 0) is 6.18 Å². The SMILES string of the molecule is CC(C)(O)CN1CCNc2ccc(C(F)(F)F)cc21. The van der Waals surface area contributed by atoms with Gasteiger partial charge in [0.15, 0.2) is 0 Å². The summed E-state index contributed by atoms with van der Waals surface area (Å²) in [4.78, 5) is 1.78. The summed E-state index contributed by atoms with van der Waals surface area (Å²) in [6, 6.07) is 3.64. The lowest BCUT2D eigenvalue weighted by molar-refractivity contribution is -0.137. The molecule has 0 unspecified atom stereocenters. The Morgan fingerprint density at radius 2 is 2.00 bits per heavy atom. The van der Waals surface area contributed by atoms with Crippen molar-refractivity contribution in [3.63, 3.8) is 0 Å². The molecule has 1 heterocycles. The van der Waals surface area contributed by atoms with Crippen molar-refractivity contribution >= 4 is 11.4 Å². The van der Waals surface area contributed by atoms with E-state index in [-0.39, 0.29) is 0 Å². The number of aliphatic hydroxyl groups is 1. The third-order valence-corrected chi connectivity index (χ3v) is 2.94. The summed E-state index contributed by atoms with van der Waals surface area (Å²) in [5.74, 6) is 0. The van der Waals surface area contributed by atoms with Crippen LogP contribution in [0.5, 0.6) is 0 Å². The van der Waals surface area contributed by atoms with Crippen LogP contribution in [0.2, 0.25) is 0 Å². The van der Waals surface area contributed by atoms with Gasteiger partial charge in [-0.2, -0.15) is 13.2 Å². The minimum Gasteiger partial charge on any atom is -0.389 e. The number of halogens is 3. The Balaban J connectivity index is 2.36. The zero-order chi connectivity index (χ0) is 14.3. The van der Waals surface area contributed by atoms with Gasteiger partial charge in [-0.3, -0.25) is 0 Å². The number of rotatable bonds is 2. The van der Waals surface area contributed by atoms with Crippen molar-refractivity contribution in [2.24, 2.45) is 0 Å². The van der Waals surface area contributed by atoms with Gasteiger partial charge in [0, 0.05) is 19.6 Å². The van der Waals surface area contributed by atoms with Crippen molar-refractivity contribution in [1.29, 1.82) is 0 Å². The van der Waals surface area contributed by atoms with Gasteiger partial charge in [0.25, 0.3) is 0 Å². The Bertz CT molecular complexity index is 466. The van der Waals surface area contributed by atoms with E-state index >= 15 is 0 Å². The number of hydrogen-bond donors (Lipinski definition) is 2. The molecule has 106 valence electrons. The third kappa shape index (κ3) is 3.32. The van der Waals surface area contributed by atoms with Crippen molar-refractivity contribution in [3.8, 4) is 0 Å². The first-order valence-electron chi connectivity index (χ1n) is 6.09. The summed E-state index contributed by atoms with van der Waals surface area (Å²) in [6.45, 7) is 4.79. The number of alkyl halides is 3. The molecule has 0 aliphatic carbocycles. The van der Waals surface area contributed by atoms with E-state index in [4.69, 9.17) is 0 Å². The fourth-order valence-electron chi connectivity index (χ4n) is 2.20. The number of anilines is 2. The standard InChI is InChI=1S/C13H17F3N2O/c1-12(2,19)8-18-6-5-17-10-4-3-9(7-11(10)18)13(14,15)16/h3-4,7,17,19H,5-6,8H2,1-2H3. The average Bonchev–Trinajstić information content (AvgIpc) is 2.25. The van der Waals surface area contributed by atoms with E-state index < -0.39 is 17.3 Å². The second-order valence-corrected chi connectivity index (χ2v) is 5.39. The summed E-state index contributed by atoms with van der Waals surface area (Å²) in [5, 5.41) is 12.9. The molecule has 1 aromatic carbocycles. The zero-order valence-electron chi connectivity index (χ0n) is 10.9. The molecule has 1 aliphatic heterocycles. The Morgan fingerprint density at radius 1 is 1.32 bits per heavy atom.